The van der Waals surface area contributed by atoms with Gasteiger partial charge in [0.25, 0.3) is 0 Å². The Kier molecular flexibility index (Phi) is 3.75. The van der Waals surface area contributed by atoms with Gasteiger partial charge in [0.1, 0.15) is 0 Å². The minimum atomic E-state index is 0.0880. The summed E-state index contributed by atoms with van der Waals surface area (Å²) in [6.07, 6.45) is 1.10. The van der Waals surface area contributed by atoms with Crippen molar-refractivity contribution in [2.75, 3.05) is 26.3 Å². The number of nitrogens with zero attached hydrogens (tertiary/aromatic N) is 1. The van der Waals surface area contributed by atoms with Gasteiger partial charge in [-0.1, -0.05) is 0 Å². The molecule has 0 unspecified atom stereocenters. The van der Waals surface area contributed by atoms with E-state index in [4.69, 9.17) is 23.9 Å². The number of fused-ring (bicyclic) bond motifs is 3. The molecule has 0 saturated heterocycles. The molecule has 3 aromatic rings. The molecule has 1 N–H and O–H groups in total. The molecule has 1 aliphatic heterocycles. The molecule has 0 amide bonds. The van der Waals surface area contributed by atoms with Crippen LogP contribution in [-0.4, -0.2) is 31.8 Å². The number of ether oxygens (including phenoxy) is 4. The van der Waals surface area contributed by atoms with Crippen molar-refractivity contribution < 1.29 is 23.7 Å². The Morgan fingerprint density at radius 3 is 2.57 bits per heavy atom. The van der Waals surface area contributed by atoms with E-state index >= 15 is 0 Å². The second-order valence-corrected chi connectivity index (χ2v) is 6.65. The van der Waals surface area contributed by atoms with Gasteiger partial charge in [-0.05, 0) is 24.6 Å². The molecule has 1 aliphatic carbocycles. The number of hydrogen-bond acceptors (Lipinski definition) is 7. The molecule has 7 nitrogen and oxygen atoms in total. The number of aromatic nitrogens is 1. The van der Waals surface area contributed by atoms with Gasteiger partial charge in [0.2, 0.25) is 6.79 Å². The highest BCUT2D eigenvalue weighted by molar-refractivity contribution is 6.12. The normalized spacial score (nSPS) is 14.3. The molecule has 0 spiro atoms. The average molecular weight is 378 g/mol. The summed E-state index contributed by atoms with van der Waals surface area (Å²) in [6.45, 7) is 0.183. The van der Waals surface area contributed by atoms with E-state index in [1.54, 1.807) is 14.2 Å². The highest BCUT2D eigenvalue weighted by Gasteiger charge is 2.28. The van der Waals surface area contributed by atoms with Crippen molar-refractivity contribution in [3.8, 4) is 23.0 Å². The number of carbonyl (C=O) groups excluding carboxylic acids is 1. The highest BCUT2D eigenvalue weighted by atomic mass is 16.7. The molecule has 5 rings (SSSR count). The molecule has 7 heteroatoms. The van der Waals surface area contributed by atoms with Gasteiger partial charge in [0.05, 0.1) is 36.7 Å². The van der Waals surface area contributed by atoms with Gasteiger partial charge in [-0.2, -0.15) is 0 Å². The lowest BCUT2D eigenvalue weighted by Gasteiger charge is -2.16. The van der Waals surface area contributed by atoms with Crippen LogP contribution in [0.3, 0.4) is 0 Å². The van der Waals surface area contributed by atoms with Crippen LogP contribution in [0.4, 0.5) is 11.4 Å². The third-order valence-electron chi connectivity index (χ3n) is 5.07. The maximum Gasteiger partial charge on any atom is 0.231 e. The van der Waals surface area contributed by atoms with Crippen LogP contribution in [0.5, 0.6) is 23.0 Å². The Morgan fingerprint density at radius 1 is 1.00 bits per heavy atom. The number of nitrogens with one attached hydrogen (secondary N) is 1. The van der Waals surface area contributed by atoms with Crippen LogP contribution < -0.4 is 24.3 Å². The molecule has 2 heterocycles. The van der Waals surface area contributed by atoms with Crippen molar-refractivity contribution in [2.24, 2.45) is 0 Å². The van der Waals surface area contributed by atoms with Crippen molar-refractivity contribution in [3.63, 3.8) is 0 Å². The van der Waals surface area contributed by atoms with E-state index in [-0.39, 0.29) is 12.6 Å². The van der Waals surface area contributed by atoms with E-state index in [0.29, 0.717) is 41.4 Å². The smallest absolute Gasteiger partial charge is 0.231 e. The van der Waals surface area contributed by atoms with Crippen LogP contribution in [-0.2, 0) is 6.42 Å². The summed E-state index contributed by atoms with van der Waals surface area (Å²) in [6, 6.07) is 9.28. The Labute approximate surface area is 161 Å². The van der Waals surface area contributed by atoms with E-state index in [2.05, 4.69) is 5.32 Å². The Hall–Kier alpha value is -3.48. The molecule has 1 aromatic heterocycles. The van der Waals surface area contributed by atoms with Crippen molar-refractivity contribution in [2.45, 2.75) is 12.8 Å². The van der Waals surface area contributed by atoms with E-state index in [1.165, 1.54) is 0 Å². The van der Waals surface area contributed by atoms with Crippen LogP contribution in [0.2, 0.25) is 0 Å². The summed E-state index contributed by atoms with van der Waals surface area (Å²) in [7, 11) is 3.18. The molecule has 142 valence electrons. The summed E-state index contributed by atoms with van der Waals surface area (Å²) in [5.41, 5.74) is 3.72. The van der Waals surface area contributed by atoms with Gasteiger partial charge in [0, 0.05) is 29.6 Å². The van der Waals surface area contributed by atoms with E-state index in [1.807, 2.05) is 30.3 Å². The largest absolute Gasteiger partial charge is 0.493 e. The van der Waals surface area contributed by atoms with Crippen LogP contribution in [0, 0.1) is 0 Å². The maximum atomic E-state index is 12.6. The maximum absolute atomic E-state index is 12.6. The quantitative estimate of drug-likeness (QED) is 0.739. The topological polar surface area (TPSA) is 78.9 Å². The standard InChI is InChI=1S/C21H18N2O5/c1-25-16-6-3-11(7-17(16)26-2)22-21-12-8-18-19(28-10-27-18)9-14(12)23-13-4-5-15(24)20(13)21/h3,6-9H,4-5,10H2,1-2H3,(H,22,23). The summed E-state index contributed by atoms with van der Waals surface area (Å²) in [5, 5.41) is 4.22. The number of rotatable bonds is 4. The van der Waals surface area contributed by atoms with E-state index in [0.717, 1.165) is 28.0 Å². The second kappa shape index (κ2) is 6.30. The van der Waals surface area contributed by atoms with Crippen molar-refractivity contribution in [3.05, 3.63) is 41.6 Å². The lowest BCUT2D eigenvalue weighted by atomic mass is 10.0. The number of ketones is 1. The fraction of sp³-hybridized carbons (Fsp3) is 0.238. The molecule has 0 fully saturated rings. The number of benzene rings is 2. The predicted molar refractivity (Wildman–Crippen MR) is 103 cm³/mol. The number of Topliss-reactive ketones (excluding diaryl/α,β-unsaturated/α-hetero) is 1. The summed E-state index contributed by atoms with van der Waals surface area (Å²) < 4.78 is 21.7. The molecule has 28 heavy (non-hydrogen) atoms. The number of pyridine rings is 1. The third-order valence-corrected chi connectivity index (χ3v) is 5.07. The number of hydrogen-bond donors (Lipinski definition) is 1. The van der Waals surface area contributed by atoms with Gasteiger partial charge >= 0.3 is 0 Å². The van der Waals surface area contributed by atoms with E-state index in [9.17, 15) is 4.79 Å². The summed E-state index contributed by atoms with van der Waals surface area (Å²) in [5.74, 6) is 2.64. The highest BCUT2D eigenvalue weighted by Crippen LogP contribution is 2.42. The van der Waals surface area contributed by atoms with Gasteiger partial charge in [-0.25, -0.2) is 0 Å². The van der Waals surface area contributed by atoms with Crippen LogP contribution in [0.1, 0.15) is 22.5 Å². The minimum Gasteiger partial charge on any atom is -0.493 e. The summed E-state index contributed by atoms with van der Waals surface area (Å²) >= 11 is 0. The van der Waals surface area contributed by atoms with Crippen LogP contribution >= 0.6 is 0 Å². The lowest BCUT2D eigenvalue weighted by molar-refractivity contribution is 0.0995. The number of carbonyl (C=O) groups is 1. The van der Waals surface area contributed by atoms with Crippen molar-refractivity contribution in [1.29, 1.82) is 0 Å². The van der Waals surface area contributed by atoms with Gasteiger partial charge < -0.3 is 24.3 Å². The molecular weight excluding hydrogens is 360 g/mol. The second-order valence-electron chi connectivity index (χ2n) is 6.65. The van der Waals surface area contributed by atoms with Crippen molar-refractivity contribution in [1.82, 2.24) is 4.98 Å². The minimum absolute atomic E-state index is 0.0880. The number of aryl methyl sites for hydroxylation is 1. The fourth-order valence-corrected chi connectivity index (χ4v) is 3.73. The lowest BCUT2D eigenvalue weighted by Crippen LogP contribution is -2.03. The first-order valence-corrected chi connectivity index (χ1v) is 8.96. The number of methoxy groups -OCH3 is 2. The van der Waals surface area contributed by atoms with Crippen molar-refractivity contribution >= 4 is 28.1 Å². The molecule has 0 atom stereocenters. The zero-order valence-electron chi connectivity index (χ0n) is 15.5. The predicted octanol–water partition coefficient (Wildman–Crippen LogP) is 3.85. The third kappa shape index (κ3) is 2.51. The first-order valence-electron chi connectivity index (χ1n) is 8.96. The SMILES string of the molecule is COc1ccc(Nc2c3c(nc4cc5c(cc24)OCO5)CCC3=O)cc1OC. The first kappa shape index (κ1) is 16.7. The first-order chi connectivity index (χ1) is 13.7. The van der Waals surface area contributed by atoms with Gasteiger partial charge in [-0.15, -0.1) is 0 Å². The Bertz CT molecular complexity index is 1130. The van der Waals surface area contributed by atoms with Gasteiger partial charge in [-0.3, -0.25) is 9.78 Å². The van der Waals surface area contributed by atoms with Crippen LogP contribution in [0.15, 0.2) is 30.3 Å². The summed E-state index contributed by atoms with van der Waals surface area (Å²) in [4.78, 5) is 17.3. The van der Waals surface area contributed by atoms with Crippen LogP contribution in [0.25, 0.3) is 10.9 Å². The fourth-order valence-electron chi connectivity index (χ4n) is 3.73. The zero-order valence-corrected chi connectivity index (χ0v) is 15.5. The molecule has 2 aromatic carbocycles. The zero-order chi connectivity index (χ0) is 19.3. The van der Waals surface area contributed by atoms with E-state index < -0.39 is 0 Å². The Balaban J connectivity index is 1.69. The molecular formula is C21H18N2O5. The number of anilines is 2. The molecule has 2 aliphatic rings. The molecule has 0 radical (unpaired) electrons. The molecule has 0 bridgehead atoms. The molecule has 0 saturated carbocycles. The van der Waals surface area contributed by atoms with Gasteiger partial charge in [0.15, 0.2) is 28.8 Å². The Morgan fingerprint density at radius 2 is 1.79 bits per heavy atom. The average Bonchev–Trinajstić information content (AvgIpc) is 3.32. The monoisotopic (exact) mass is 378 g/mol.